The van der Waals surface area contributed by atoms with Gasteiger partial charge in [-0.05, 0) is 44.0 Å². The summed E-state index contributed by atoms with van der Waals surface area (Å²) in [6.45, 7) is 5.62. The zero-order valence-corrected chi connectivity index (χ0v) is 16.8. The fourth-order valence-electron chi connectivity index (χ4n) is 3.54. The lowest BCUT2D eigenvalue weighted by Gasteiger charge is -2.31. The Kier molecular flexibility index (Phi) is 5.26. The number of nitrogens with one attached hydrogen (secondary N) is 1. The summed E-state index contributed by atoms with van der Waals surface area (Å²) in [5.41, 5.74) is 3.15. The monoisotopic (exact) mass is 388 g/mol. The van der Waals surface area contributed by atoms with E-state index in [2.05, 4.69) is 4.72 Å². The van der Waals surface area contributed by atoms with Gasteiger partial charge in [0.2, 0.25) is 10.0 Å². The fraction of sp³-hybridized carbons (Fsp3) is 0.350. The molecule has 1 heterocycles. The van der Waals surface area contributed by atoms with Crippen molar-refractivity contribution in [1.82, 2.24) is 4.72 Å². The van der Waals surface area contributed by atoms with Gasteiger partial charge in [-0.2, -0.15) is 0 Å². The Bertz CT molecular complexity index is 962. The van der Waals surface area contributed by atoms with Gasteiger partial charge in [-0.3, -0.25) is 4.79 Å². The zero-order chi connectivity index (χ0) is 19.8. The van der Waals surface area contributed by atoms with Gasteiger partial charge >= 0.3 is 0 Å². The van der Waals surface area contributed by atoms with Crippen LogP contribution in [0.4, 0.5) is 5.69 Å². The first-order chi connectivity index (χ1) is 12.7. The van der Waals surface area contributed by atoms with Crippen molar-refractivity contribution in [2.45, 2.75) is 38.2 Å². The Hall–Kier alpha value is -2.38. The van der Waals surface area contributed by atoms with Crippen molar-refractivity contribution in [1.29, 1.82) is 0 Å². The molecule has 1 aliphatic rings. The van der Waals surface area contributed by atoms with Gasteiger partial charge in [0.05, 0.1) is 10.6 Å². The van der Waals surface area contributed by atoms with Crippen LogP contribution in [-0.4, -0.2) is 34.0 Å². The molecule has 27 heavy (non-hydrogen) atoms. The molecule has 0 saturated heterocycles. The minimum atomic E-state index is -3.66. The summed E-state index contributed by atoms with van der Waals surface area (Å²) in [5.74, 6) is 0.438. The van der Waals surface area contributed by atoms with E-state index < -0.39 is 16.1 Å². The molecule has 0 saturated carbocycles. The lowest BCUT2D eigenvalue weighted by atomic mass is 10.1. The first-order valence-electron chi connectivity index (χ1n) is 8.81. The second-order valence-electron chi connectivity index (χ2n) is 6.89. The third-order valence-corrected chi connectivity index (χ3v) is 6.44. The van der Waals surface area contributed by atoms with Gasteiger partial charge in [0.25, 0.3) is 5.91 Å². The standard InChI is InChI=1S/C20H24N2O4S/c1-13-11-14(2)19(15(3)12-13)27(24,25)21-10-9-18-20(23)22(4)16-7-5-6-8-17(16)26-18/h5-8,11-12,18,21H,9-10H2,1-4H3. The molecule has 2 aromatic rings. The SMILES string of the molecule is Cc1cc(C)c(S(=O)(=O)NCCC2Oc3ccccc3N(C)C2=O)c(C)c1. The van der Waals surface area contributed by atoms with E-state index in [-0.39, 0.29) is 18.9 Å². The van der Waals surface area contributed by atoms with Gasteiger partial charge in [-0.25, -0.2) is 13.1 Å². The first kappa shape index (κ1) is 19.4. The maximum Gasteiger partial charge on any atom is 0.267 e. The number of amides is 1. The molecule has 6 nitrogen and oxygen atoms in total. The van der Waals surface area contributed by atoms with Crippen molar-refractivity contribution >= 4 is 21.6 Å². The second kappa shape index (κ2) is 7.32. The van der Waals surface area contributed by atoms with Crippen LogP contribution < -0.4 is 14.4 Å². The normalized spacial score (nSPS) is 16.8. The molecule has 7 heteroatoms. The third kappa shape index (κ3) is 3.84. The van der Waals surface area contributed by atoms with E-state index in [0.29, 0.717) is 27.5 Å². The summed E-state index contributed by atoms with van der Waals surface area (Å²) < 4.78 is 33.8. The van der Waals surface area contributed by atoms with E-state index >= 15 is 0 Å². The Morgan fingerprint density at radius 3 is 2.41 bits per heavy atom. The first-order valence-corrected chi connectivity index (χ1v) is 10.3. The quantitative estimate of drug-likeness (QED) is 0.855. The summed E-state index contributed by atoms with van der Waals surface area (Å²) in [7, 11) is -1.97. The van der Waals surface area contributed by atoms with E-state index in [0.717, 1.165) is 5.56 Å². The number of sulfonamides is 1. The molecule has 0 aromatic heterocycles. The van der Waals surface area contributed by atoms with Crippen LogP contribution in [0.15, 0.2) is 41.3 Å². The predicted molar refractivity (Wildman–Crippen MR) is 105 cm³/mol. The van der Waals surface area contributed by atoms with Crippen LogP contribution in [0.5, 0.6) is 5.75 Å². The number of carbonyl (C=O) groups is 1. The summed E-state index contributed by atoms with van der Waals surface area (Å²) in [4.78, 5) is 14.3. The molecular formula is C20H24N2O4S. The lowest BCUT2D eigenvalue weighted by Crippen LogP contribution is -2.45. The number of benzene rings is 2. The van der Waals surface area contributed by atoms with E-state index in [4.69, 9.17) is 4.74 Å². The van der Waals surface area contributed by atoms with Crippen LogP contribution in [0, 0.1) is 20.8 Å². The molecule has 0 spiro atoms. The Labute approximate surface area is 160 Å². The van der Waals surface area contributed by atoms with Crippen LogP contribution in [-0.2, 0) is 14.8 Å². The van der Waals surface area contributed by atoms with E-state index in [1.54, 1.807) is 31.9 Å². The maximum atomic E-state index is 12.7. The third-order valence-electron chi connectivity index (χ3n) is 4.67. The summed E-state index contributed by atoms with van der Waals surface area (Å²) in [5, 5.41) is 0. The predicted octanol–water partition coefficient (Wildman–Crippen LogP) is 2.70. The van der Waals surface area contributed by atoms with Crippen molar-refractivity contribution in [2.24, 2.45) is 0 Å². The van der Waals surface area contributed by atoms with Crippen LogP contribution in [0.3, 0.4) is 0 Å². The average Bonchev–Trinajstić information content (AvgIpc) is 2.58. The number of ether oxygens (including phenoxy) is 1. The van der Waals surface area contributed by atoms with Gasteiger partial charge in [0.1, 0.15) is 5.75 Å². The van der Waals surface area contributed by atoms with Crippen LogP contribution >= 0.6 is 0 Å². The molecule has 144 valence electrons. The molecule has 0 aliphatic carbocycles. The number of likely N-dealkylation sites (N-methyl/N-ethyl adjacent to an activating group) is 1. The molecule has 0 bridgehead atoms. The van der Waals surface area contributed by atoms with Crippen molar-refractivity contribution in [2.75, 3.05) is 18.5 Å². The highest BCUT2D eigenvalue weighted by atomic mass is 32.2. The minimum absolute atomic E-state index is 0.113. The molecule has 2 aromatic carbocycles. The Balaban J connectivity index is 1.71. The fourth-order valence-corrected chi connectivity index (χ4v) is 5.04. The highest BCUT2D eigenvalue weighted by molar-refractivity contribution is 7.89. The largest absolute Gasteiger partial charge is 0.478 e. The van der Waals surface area contributed by atoms with Gasteiger partial charge in [0, 0.05) is 20.0 Å². The van der Waals surface area contributed by atoms with Gasteiger partial charge in [0.15, 0.2) is 6.10 Å². The van der Waals surface area contributed by atoms with Crippen LogP contribution in [0.1, 0.15) is 23.1 Å². The Morgan fingerprint density at radius 1 is 1.11 bits per heavy atom. The molecule has 1 atom stereocenters. The highest BCUT2D eigenvalue weighted by Gasteiger charge is 2.32. The topological polar surface area (TPSA) is 75.7 Å². The number of rotatable bonds is 5. The number of para-hydroxylation sites is 2. The van der Waals surface area contributed by atoms with Crippen molar-refractivity contribution in [3.8, 4) is 5.75 Å². The van der Waals surface area contributed by atoms with E-state index in [9.17, 15) is 13.2 Å². The zero-order valence-electron chi connectivity index (χ0n) is 15.9. The summed E-state index contributed by atoms with van der Waals surface area (Å²) in [6, 6.07) is 11.0. The number of fused-ring (bicyclic) bond motifs is 1. The van der Waals surface area contributed by atoms with E-state index in [1.165, 1.54) is 0 Å². The summed E-state index contributed by atoms with van der Waals surface area (Å²) in [6.07, 6.45) is -0.464. The van der Waals surface area contributed by atoms with Gasteiger partial charge in [-0.1, -0.05) is 29.8 Å². The lowest BCUT2D eigenvalue weighted by molar-refractivity contribution is -0.126. The number of aryl methyl sites for hydroxylation is 3. The number of hydrogen-bond donors (Lipinski definition) is 1. The molecular weight excluding hydrogens is 364 g/mol. The van der Waals surface area contributed by atoms with Crippen molar-refractivity contribution < 1.29 is 17.9 Å². The molecule has 1 unspecified atom stereocenters. The Morgan fingerprint density at radius 2 is 1.74 bits per heavy atom. The van der Waals surface area contributed by atoms with Crippen LogP contribution in [0.25, 0.3) is 0 Å². The molecule has 1 amide bonds. The van der Waals surface area contributed by atoms with Crippen LogP contribution in [0.2, 0.25) is 0 Å². The number of hydrogen-bond acceptors (Lipinski definition) is 4. The molecule has 3 rings (SSSR count). The van der Waals surface area contributed by atoms with Crippen molar-refractivity contribution in [3.63, 3.8) is 0 Å². The molecule has 0 radical (unpaired) electrons. The maximum absolute atomic E-state index is 12.7. The van der Waals surface area contributed by atoms with Gasteiger partial charge in [-0.15, -0.1) is 0 Å². The number of carbonyl (C=O) groups excluding carboxylic acids is 1. The molecule has 1 N–H and O–H groups in total. The van der Waals surface area contributed by atoms with E-state index in [1.807, 2.05) is 37.3 Å². The smallest absolute Gasteiger partial charge is 0.267 e. The molecule has 1 aliphatic heterocycles. The second-order valence-corrected chi connectivity index (χ2v) is 8.59. The van der Waals surface area contributed by atoms with Gasteiger partial charge < -0.3 is 9.64 Å². The van der Waals surface area contributed by atoms with Crippen molar-refractivity contribution in [3.05, 3.63) is 53.1 Å². The molecule has 0 fully saturated rings. The number of anilines is 1. The number of nitrogens with zero attached hydrogens (tertiary/aromatic N) is 1. The summed E-state index contributed by atoms with van der Waals surface area (Å²) >= 11 is 0. The highest BCUT2D eigenvalue weighted by Crippen LogP contribution is 2.33. The average molecular weight is 388 g/mol. The minimum Gasteiger partial charge on any atom is -0.478 e.